The van der Waals surface area contributed by atoms with E-state index in [0.29, 0.717) is 12.2 Å². The van der Waals surface area contributed by atoms with Crippen molar-refractivity contribution in [1.29, 1.82) is 0 Å². The molecule has 2 aliphatic heterocycles. The van der Waals surface area contributed by atoms with Crippen LogP contribution in [0, 0.1) is 0 Å². The van der Waals surface area contributed by atoms with Crippen LogP contribution in [0.2, 0.25) is 0 Å². The Hall–Kier alpha value is -1.81. The highest BCUT2D eigenvalue weighted by molar-refractivity contribution is 5.84. The predicted octanol–water partition coefficient (Wildman–Crippen LogP) is 0.977. The summed E-state index contributed by atoms with van der Waals surface area (Å²) in [6, 6.07) is 9.42. The monoisotopic (exact) mass is 231 g/mol. The maximum atomic E-state index is 11.4. The minimum absolute atomic E-state index is 0.0468. The van der Waals surface area contributed by atoms with Gasteiger partial charge in [-0.25, -0.2) is 0 Å². The van der Waals surface area contributed by atoms with Crippen molar-refractivity contribution in [3.05, 3.63) is 41.7 Å². The summed E-state index contributed by atoms with van der Waals surface area (Å²) >= 11 is 0. The molecular weight excluding hydrogens is 218 g/mol. The molecule has 0 aromatic heterocycles. The molecule has 2 aliphatic rings. The van der Waals surface area contributed by atoms with E-state index in [1.807, 2.05) is 36.4 Å². The topological polar surface area (TPSA) is 49.8 Å². The molecular formula is C13H13NO3. The first-order valence-corrected chi connectivity index (χ1v) is 5.65. The average molecular weight is 231 g/mol. The van der Waals surface area contributed by atoms with Gasteiger partial charge in [0.05, 0.1) is 13.0 Å². The molecule has 1 aromatic carbocycles. The number of rotatable bonds is 2. The third kappa shape index (κ3) is 1.61. The Kier molecular flexibility index (Phi) is 2.37. The van der Waals surface area contributed by atoms with E-state index in [0.717, 1.165) is 5.56 Å². The molecule has 17 heavy (non-hydrogen) atoms. The Morgan fingerprint density at radius 3 is 2.82 bits per heavy atom. The van der Waals surface area contributed by atoms with Crippen molar-refractivity contribution in [1.82, 2.24) is 4.90 Å². The van der Waals surface area contributed by atoms with Gasteiger partial charge in [0.15, 0.2) is 6.23 Å². The fourth-order valence-corrected chi connectivity index (χ4v) is 2.27. The maximum Gasteiger partial charge on any atom is 0.231 e. The summed E-state index contributed by atoms with van der Waals surface area (Å²) in [4.78, 5) is 13.0. The van der Waals surface area contributed by atoms with E-state index in [1.54, 1.807) is 4.90 Å². The number of hydrogen-bond acceptors (Lipinski definition) is 3. The zero-order chi connectivity index (χ0) is 11.8. The molecule has 88 valence electrons. The van der Waals surface area contributed by atoms with Crippen molar-refractivity contribution >= 4 is 12.0 Å². The molecule has 1 amide bonds. The van der Waals surface area contributed by atoms with E-state index in [2.05, 4.69) is 0 Å². The second-order valence-electron chi connectivity index (χ2n) is 4.23. The zero-order valence-electron chi connectivity index (χ0n) is 9.24. The number of aliphatic hydroxyl groups is 1. The summed E-state index contributed by atoms with van der Waals surface area (Å²) in [6.45, 7) is -0.0963. The third-order valence-electron chi connectivity index (χ3n) is 3.17. The van der Waals surface area contributed by atoms with Gasteiger partial charge in [0.2, 0.25) is 5.91 Å². The Labute approximate surface area is 99.1 Å². The number of amides is 1. The van der Waals surface area contributed by atoms with Gasteiger partial charge in [-0.2, -0.15) is 0 Å². The Morgan fingerprint density at radius 2 is 2.18 bits per heavy atom. The van der Waals surface area contributed by atoms with Crippen molar-refractivity contribution in [3.63, 3.8) is 0 Å². The van der Waals surface area contributed by atoms with Gasteiger partial charge in [-0.1, -0.05) is 30.3 Å². The second-order valence-corrected chi connectivity index (χ2v) is 4.23. The standard InChI is InChI=1S/C13H13NO3/c15-8-10-11(6-9-4-2-1-3-5-9)17-13-7-12(16)14(10)13/h1-6,10,13,15H,7-8H2. The van der Waals surface area contributed by atoms with Gasteiger partial charge in [0, 0.05) is 0 Å². The van der Waals surface area contributed by atoms with Crippen molar-refractivity contribution < 1.29 is 14.6 Å². The third-order valence-corrected chi connectivity index (χ3v) is 3.17. The lowest BCUT2D eigenvalue weighted by atomic mass is 10.1. The summed E-state index contributed by atoms with van der Waals surface area (Å²) in [5, 5.41) is 9.34. The zero-order valence-corrected chi connectivity index (χ0v) is 9.24. The van der Waals surface area contributed by atoms with Crippen LogP contribution in [0.25, 0.3) is 6.08 Å². The molecule has 2 saturated heterocycles. The first kappa shape index (κ1) is 10.4. The maximum absolute atomic E-state index is 11.4. The van der Waals surface area contributed by atoms with Crippen LogP contribution in [0.4, 0.5) is 0 Å². The van der Waals surface area contributed by atoms with Crippen LogP contribution in [0.15, 0.2) is 36.1 Å². The van der Waals surface area contributed by atoms with E-state index >= 15 is 0 Å². The van der Waals surface area contributed by atoms with Crippen LogP contribution in [-0.4, -0.2) is 34.8 Å². The molecule has 1 aromatic rings. The van der Waals surface area contributed by atoms with Crippen molar-refractivity contribution in [3.8, 4) is 0 Å². The van der Waals surface area contributed by atoms with Gasteiger partial charge in [-0.15, -0.1) is 0 Å². The molecule has 2 atom stereocenters. The van der Waals surface area contributed by atoms with E-state index in [-0.39, 0.29) is 24.8 Å². The Balaban J connectivity index is 1.89. The molecule has 2 heterocycles. The van der Waals surface area contributed by atoms with E-state index in [1.165, 1.54) is 0 Å². The van der Waals surface area contributed by atoms with Crippen molar-refractivity contribution in [2.45, 2.75) is 18.7 Å². The molecule has 0 aliphatic carbocycles. The van der Waals surface area contributed by atoms with E-state index in [9.17, 15) is 9.90 Å². The lowest BCUT2D eigenvalue weighted by Crippen LogP contribution is -2.53. The largest absolute Gasteiger partial charge is 0.472 e. The molecule has 0 radical (unpaired) electrons. The number of nitrogens with zero attached hydrogens (tertiary/aromatic N) is 1. The molecule has 2 fully saturated rings. The predicted molar refractivity (Wildman–Crippen MR) is 61.6 cm³/mol. The number of hydrogen-bond donors (Lipinski definition) is 1. The fourth-order valence-electron chi connectivity index (χ4n) is 2.27. The highest BCUT2D eigenvalue weighted by atomic mass is 16.5. The fraction of sp³-hybridized carbons (Fsp3) is 0.308. The average Bonchev–Trinajstić information content (AvgIpc) is 2.62. The van der Waals surface area contributed by atoms with E-state index < -0.39 is 0 Å². The molecule has 2 unspecified atom stereocenters. The van der Waals surface area contributed by atoms with Gasteiger partial charge in [0.1, 0.15) is 11.8 Å². The minimum Gasteiger partial charge on any atom is -0.472 e. The van der Waals surface area contributed by atoms with Crippen molar-refractivity contribution in [2.24, 2.45) is 0 Å². The normalized spacial score (nSPS) is 28.9. The van der Waals surface area contributed by atoms with Crippen LogP contribution in [0.1, 0.15) is 12.0 Å². The second kappa shape index (κ2) is 3.89. The van der Waals surface area contributed by atoms with Crippen LogP contribution in [0.3, 0.4) is 0 Å². The smallest absolute Gasteiger partial charge is 0.231 e. The molecule has 0 bridgehead atoms. The number of ether oxygens (including phenoxy) is 1. The molecule has 1 N–H and O–H groups in total. The molecule has 3 rings (SSSR count). The van der Waals surface area contributed by atoms with Crippen LogP contribution >= 0.6 is 0 Å². The number of fused-ring (bicyclic) bond motifs is 1. The van der Waals surface area contributed by atoms with Gasteiger partial charge in [-0.3, -0.25) is 9.69 Å². The van der Waals surface area contributed by atoms with Gasteiger partial charge in [-0.05, 0) is 11.6 Å². The first-order valence-electron chi connectivity index (χ1n) is 5.65. The summed E-state index contributed by atoms with van der Waals surface area (Å²) in [6.07, 6.45) is 2.13. The lowest BCUT2D eigenvalue weighted by molar-refractivity contribution is -0.157. The molecule has 0 spiro atoms. The summed E-state index contributed by atoms with van der Waals surface area (Å²) in [7, 11) is 0. The highest BCUT2D eigenvalue weighted by Gasteiger charge is 2.50. The van der Waals surface area contributed by atoms with Crippen LogP contribution < -0.4 is 0 Å². The molecule has 4 nitrogen and oxygen atoms in total. The van der Waals surface area contributed by atoms with Crippen molar-refractivity contribution in [2.75, 3.05) is 6.61 Å². The van der Waals surface area contributed by atoms with Gasteiger partial charge < -0.3 is 9.84 Å². The molecule has 0 saturated carbocycles. The van der Waals surface area contributed by atoms with Gasteiger partial charge in [0.25, 0.3) is 0 Å². The van der Waals surface area contributed by atoms with Crippen LogP contribution in [-0.2, 0) is 9.53 Å². The number of carbonyl (C=O) groups excluding carboxylic acids is 1. The highest BCUT2D eigenvalue weighted by Crippen LogP contribution is 2.36. The minimum atomic E-state index is -0.318. The number of aliphatic hydroxyl groups excluding tert-OH is 1. The van der Waals surface area contributed by atoms with Gasteiger partial charge >= 0.3 is 0 Å². The Morgan fingerprint density at radius 1 is 1.41 bits per heavy atom. The summed E-state index contributed by atoms with van der Waals surface area (Å²) in [5.74, 6) is 0.722. The quantitative estimate of drug-likeness (QED) is 0.772. The lowest BCUT2D eigenvalue weighted by Gasteiger charge is -2.34. The number of carbonyl (C=O) groups is 1. The Bertz CT molecular complexity index is 469. The first-order chi connectivity index (χ1) is 8.29. The number of benzene rings is 1. The van der Waals surface area contributed by atoms with E-state index in [4.69, 9.17) is 4.74 Å². The summed E-state index contributed by atoms with van der Waals surface area (Å²) < 4.78 is 5.64. The molecule has 4 heteroatoms. The SMILES string of the molecule is O=C1CC2OC(=Cc3ccccc3)C(CO)N12. The summed E-state index contributed by atoms with van der Waals surface area (Å²) in [5.41, 5.74) is 1.01. The number of β-lactam (4-membered cyclic amide) rings is 1. The van der Waals surface area contributed by atoms with Crippen LogP contribution in [0.5, 0.6) is 0 Å².